The lowest BCUT2D eigenvalue weighted by Crippen LogP contribution is -2.38. The van der Waals surface area contributed by atoms with E-state index < -0.39 is 10.0 Å². The smallest absolute Gasteiger partial charge is 0.214 e. The molecule has 0 amide bonds. The zero-order chi connectivity index (χ0) is 15.3. The van der Waals surface area contributed by atoms with E-state index in [0.29, 0.717) is 13.1 Å². The highest BCUT2D eigenvalue weighted by atomic mass is 32.2. The molecule has 2 N–H and O–H groups in total. The zero-order valence-electron chi connectivity index (χ0n) is 12.7. The fourth-order valence-corrected chi connectivity index (χ4v) is 5.19. The van der Waals surface area contributed by atoms with Crippen molar-refractivity contribution in [3.63, 3.8) is 0 Å². The third kappa shape index (κ3) is 4.28. The molecule has 2 atom stereocenters. The van der Waals surface area contributed by atoms with E-state index in [0.717, 1.165) is 31.2 Å². The molecule has 1 saturated heterocycles. The summed E-state index contributed by atoms with van der Waals surface area (Å²) in [6, 6.07) is 10.0. The number of hydrogen-bond acceptors (Lipinski definition) is 3. The van der Waals surface area contributed by atoms with Crippen LogP contribution in [0.1, 0.15) is 44.1 Å². The van der Waals surface area contributed by atoms with E-state index in [1.54, 1.807) is 4.31 Å². The number of benzene rings is 1. The van der Waals surface area contributed by atoms with Crippen molar-refractivity contribution in [1.82, 2.24) is 4.31 Å². The van der Waals surface area contributed by atoms with Crippen molar-refractivity contribution >= 4 is 10.0 Å². The fraction of sp³-hybridized carbons (Fsp3) is 0.625. The third-order valence-corrected chi connectivity index (χ3v) is 6.37. The minimum absolute atomic E-state index is 0.0203. The summed E-state index contributed by atoms with van der Waals surface area (Å²) in [5.74, 6) is 0.211. The van der Waals surface area contributed by atoms with Crippen molar-refractivity contribution in [2.24, 2.45) is 5.73 Å². The molecule has 0 saturated carbocycles. The Morgan fingerprint density at radius 1 is 1.33 bits per heavy atom. The molecule has 0 spiro atoms. The number of sulfonamides is 1. The Bertz CT molecular complexity index is 530. The fourth-order valence-electron chi connectivity index (χ4n) is 3.11. The first kappa shape index (κ1) is 16.5. The SMILES string of the molecule is CC(CS(=O)(=O)N1CCCC1CCCN)c1ccccc1. The first-order valence-electron chi connectivity index (χ1n) is 7.79. The molecule has 1 heterocycles. The van der Waals surface area contributed by atoms with Crippen LogP contribution in [0.25, 0.3) is 0 Å². The van der Waals surface area contributed by atoms with Crippen molar-refractivity contribution in [2.75, 3.05) is 18.8 Å². The topological polar surface area (TPSA) is 63.4 Å². The molecule has 1 aliphatic rings. The Kier molecular flexibility index (Phi) is 5.79. The lowest BCUT2D eigenvalue weighted by atomic mass is 10.0. The molecule has 5 heteroatoms. The van der Waals surface area contributed by atoms with Gasteiger partial charge in [0.2, 0.25) is 10.0 Å². The normalized spacial score (nSPS) is 21.5. The van der Waals surface area contributed by atoms with Crippen molar-refractivity contribution in [1.29, 1.82) is 0 Å². The Morgan fingerprint density at radius 3 is 2.71 bits per heavy atom. The maximum atomic E-state index is 12.7. The van der Waals surface area contributed by atoms with Gasteiger partial charge in [-0.3, -0.25) is 0 Å². The largest absolute Gasteiger partial charge is 0.330 e. The Hall–Kier alpha value is -0.910. The average Bonchev–Trinajstić information content (AvgIpc) is 2.95. The van der Waals surface area contributed by atoms with E-state index in [-0.39, 0.29) is 17.7 Å². The second kappa shape index (κ2) is 7.38. The van der Waals surface area contributed by atoms with Crippen LogP contribution >= 0.6 is 0 Å². The summed E-state index contributed by atoms with van der Waals surface area (Å²) in [6.45, 7) is 3.28. The molecular formula is C16H26N2O2S. The van der Waals surface area contributed by atoms with Crippen molar-refractivity contribution in [3.8, 4) is 0 Å². The highest BCUT2D eigenvalue weighted by Crippen LogP contribution is 2.27. The monoisotopic (exact) mass is 310 g/mol. The van der Waals surface area contributed by atoms with Gasteiger partial charge in [0.25, 0.3) is 0 Å². The van der Waals surface area contributed by atoms with E-state index in [1.807, 2.05) is 37.3 Å². The molecule has 0 aromatic heterocycles. The molecule has 0 radical (unpaired) electrons. The summed E-state index contributed by atoms with van der Waals surface area (Å²) in [4.78, 5) is 0. The lowest BCUT2D eigenvalue weighted by Gasteiger charge is -2.25. The molecular weight excluding hydrogens is 284 g/mol. The second-order valence-electron chi connectivity index (χ2n) is 5.93. The van der Waals surface area contributed by atoms with Crippen LogP contribution in [0.2, 0.25) is 0 Å². The Labute approximate surface area is 128 Å². The number of rotatable bonds is 7. The van der Waals surface area contributed by atoms with Crippen LogP contribution in [0.15, 0.2) is 30.3 Å². The van der Waals surface area contributed by atoms with Gasteiger partial charge in [0.05, 0.1) is 5.75 Å². The number of nitrogens with two attached hydrogens (primary N) is 1. The van der Waals surface area contributed by atoms with Gasteiger partial charge in [-0.05, 0) is 43.7 Å². The van der Waals surface area contributed by atoms with E-state index in [2.05, 4.69) is 0 Å². The van der Waals surface area contributed by atoms with Gasteiger partial charge in [0, 0.05) is 12.6 Å². The molecule has 4 nitrogen and oxygen atoms in total. The summed E-state index contributed by atoms with van der Waals surface area (Å²) in [5, 5.41) is 0. The molecule has 2 rings (SSSR count). The molecule has 21 heavy (non-hydrogen) atoms. The lowest BCUT2D eigenvalue weighted by molar-refractivity contribution is 0.364. The molecule has 1 aromatic rings. The summed E-state index contributed by atoms with van der Waals surface area (Å²) in [5.41, 5.74) is 6.63. The van der Waals surface area contributed by atoms with Gasteiger partial charge in [-0.2, -0.15) is 4.31 Å². The van der Waals surface area contributed by atoms with Crippen LogP contribution in [0.4, 0.5) is 0 Å². The molecule has 1 fully saturated rings. The third-order valence-electron chi connectivity index (χ3n) is 4.25. The van der Waals surface area contributed by atoms with Gasteiger partial charge in [0.1, 0.15) is 0 Å². The summed E-state index contributed by atoms with van der Waals surface area (Å²) in [7, 11) is -3.19. The van der Waals surface area contributed by atoms with Crippen LogP contribution in [0.5, 0.6) is 0 Å². The van der Waals surface area contributed by atoms with Gasteiger partial charge < -0.3 is 5.73 Å². The van der Waals surface area contributed by atoms with Crippen LogP contribution in [0, 0.1) is 0 Å². The van der Waals surface area contributed by atoms with Crippen molar-refractivity contribution in [3.05, 3.63) is 35.9 Å². The highest BCUT2D eigenvalue weighted by molar-refractivity contribution is 7.89. The minimum Gasteiger partial charge on any atom is -0.330 e. The van der Waals surface area contributed by atoms with Gasteiger partial charge >= 0.3 is 0 Å². The van der Waals surface area contributed by atoms with E-state index >= 15 is 0 Å². The quantitative estimate of drug-likeness (QED) is 0.840. The van der Waals surface area contributed by atoms with E-state index in [4.69, 9.17) is 5.73 Å². The summed E-state index contributed by atoms with van der Waals surface area (Å²) >= 11 is 0. The van der Waals surface area contributed by atoms with Crippen LogP contribution < -0.4 is 5.73 Å². The van der Waals surface area contributed by atoms with Crippen LogP contribution in [0.3, 0.4) is 0 Å². The number of hydrogen-bond donors (Lipinski definition) is 1. The van der Waals surface area contributed by atoms with Gasteiger partial charge in [-0.15, -0.1) is 0 Å². The molecule has 0 bridgehead atoms. The summed E-state index contributed by atoms with van der Waals surface area (Å²) < 4.78 is 27.1. The first-order valence-corrected chi connectivity index (χ1v) is 9.40. The maximum Gasteiger partial charge on any atom is 0.214 e. The molecule has 0 aliphatic carbocycles. The first-order chi connectivity index (χ1) is 10.0. The molecule has 2 unspecified atom stereocenters. The molecule has 118 valence electrons. The van der Waals surface area contributed by atoms with Crippen molar-refractivity contribution in [2.45, 2.75) is 44.6 Å². The summed E-state index contributed by atoms with van der Waals surface area (Å²) in [6.07, 6.45) is 3.72. The van der Waals surface area contributed by atoms with E-state index in [9.17, 15) is 8.42 Å². The Balaban J connectivity index is 2.04. The van der Waals surface area contributed by atoms with Crippen LogP contribution in [-0.4, -0.2) is 37.6 Å². The van der Waals surface area contributed by atoms with Gasteiger partial charge in [-0.25, -0.2) is 8.42 Å². The van der Waals surface area contributed by atoms with Gasteiger partial charge in [-0.1, -0.05) is 37.3 Å². The highest BCUT2D eigenvalue weighted by Gasteiger charge is 2.34. The average molecular weight is 310 g/mol. The van der Waals surface area contributed by atoms with Gasteiger partial charge in [0.15, 0.2) is 0 Å². The van der Waals surface area contributed by atoms with Crippen molar-refractivity contribution < 1.29 is 8.42 Å². The number of nitrogens with zero attached hydrogens (tertiary/aromatic N) is 1. The van der Waals surface area contributed by atoms with E-state index in [1.165, 1.54) is 0 Å². The standard InChI is InChI=1S/C16H26N2O2S/c1-14(15-7-3-2-4-8-15)13-21(19,20)18-12-6-10-16(18)9-5-11-17/h2-4,7-8,14,16H,5-6,9-13,17H2,1H3. The molecule has 1 aliphatic heterocycles. The molecule has 1 aromatic carbocycles. The minimum atomic E-state index is -3.19. The zero-order valence-corrected chi connectivity index (χ0v) is 13.6. The van der Waals surface area contributed by atoms with Crippen LogP contribution in [-0.2, 0) is 10.0 Å². The predicted molar refractivity (Wildman–Crippen MR) is 86.7 cm³/mol. The second-order valence-corrected chi connectivity index (χ2v) is 7.89. The predicted octanol–water partition coefficient (Wildman–Crippen LogP) is 2.32. The Morgan fingerprint density at radius 2 is 2.05 bits per heavy atom. The maximum absolute atomic E-state index is 12.7.